The number of benzene rings is 3. The minimum absolute atomic E-state index is 0.0959. The minimum Gasteiger partial charge on any atom is -0.497 e. The summed E-state index contributed by atoms with van der Waals surface area (Å²) in [4.78, 5) is 0. The maximum Gasteiger partial charge on any atom is 0.158 e. The van der Waals surface area contributed by atoms with Crippen LogP contribution < -0.4 is 18.9 Å². The Hall–Kier alpha value is -3.58. The molecule has 0 saturated carbocycles. The summed E-state index contributed by atoms with van der Waals surface area (Å²) >= 11 is 1.65. The number of nitrogens with one attached hydrogen (secondary N) is 1. The highest BCUT2D eigenvalue weighted by Crippen LogP contribution is 2.68. The molecule has 6 nitrogen and oxygen atoms in total. The summed E-state index contributed by atoms with van der Waals surface area (Å²) in [6.07, 6.45) is 2.06. The number of hydrogen-bond donors (Lipinski definition) is 1. The van der Waals surface area contributed by atoms with E-state index in [1.165, 1.54) is 11.1 Å². The van der Waals surface area contributed by atoms with E-state index < -0.39 is 5.60 Å². The number of rotatable bonds is 6. The lowest BCUT2D eigenvalue weighted by atomic mass is 9.73. The number of H-pyrrole nitrogens is 1. The van der Waals surface area contributed by atoms with E-state index in [0.717, 1.165) is 39.1 Å². The molecule has 1 aliphatic heterocycles. The van der Waals surface area contributed by atoms with Gasteiger partial charge in [-0.25, -0.2) is 0 Å². The Bertz CT molecular complexity index is 1390. The number of thioether (sulfide) groups is 1. The van der Waals surface area contributed by atoms with Crippen molar-refractivity contribution >= 4 is 11.8 Å². The van der Waals surface area contributed by atoms with E-state index in [2.05, 4.69) is 47.8 Å². The Labute approximate surface area is 208 Å². The molecule has 0 fully saturated rings. The molecule has 7 heteroatoms. The summed E-state index contributed by atoms with van der Waals surface area (Å²) in [7, 11) is 5.02. The second-order valence-electron chi connectivity index (χ2n) is 8.70. The van der Waals surface area contributed by atoms with Gasteiger partial charge in [0.25, 0.3) is 0 Å². The molecule has 4 aromatic rings. The maximum absolute atomic E-state index is 7.11. The SMILES string of the molecule is COc1ccc([C@@]23Oc4cc(OC)cc(OC)c4C2c2[nH]nc(SC)c2[C@H]3c2ccccc2)cc1. The van der Waals surface area contributed by atoms with Crippen LogP contribution in [0.1, 0.15) is 39.8 Å². The highest BCUT2D eigenvalue weighted by atomic mass is 32.2. The van der Waals surface area contributed by atoms with Crippen molar-refractivity contribution in [1.82, 2.24) is 10.2 Å². The molecule has 1 aliphatic carbocycles. The molecule has 0 amide bonds. The van der Waals surface area contributed by atoms with Crippen LogP contribution in [-0.2, 0) is 5.60 Å². The number of fused-ring (bicyclic) bond motifs is 5. The first-order chi connectivity index (χ1) is 17.2. The van der Waals surface area contributed by atoms with Crippen molar-refractivity contribution in [3.05, 3.63) is 94.7 Å². The molecule has 35 heavy (non-hydrogen) atoms. The Morgan fingerprint density at radius 2 is 1.60 bits per heavy atom. The van der Waals surface area contributed by atoms with Gasteiger partial charge in [-0.1, -0.05) is 42.5 Å². The van der Waals surface area contributed by atoms with Crippen molar-refractivity contribution in [2.75, 3.05) is 27.6 Å². The third-order valence-electron chi connectivity index (χ3n) is 7.20. The van der Waals surface area contributed by atoms with Crippen LogP contribution in [0.3, 0.4) is 0 Å². The summed E-state index contributed by atoms with van der Waals surface area (Å²) in [5.74, 6) is 2.74. The first-order valence-electron chi connectivity index (χ1n) is 11.4. The third kappa shape index (κ3) is 3.01. The molecular weight excluding hydrogens is 460 g/mol. The van der Waals surface area contributed by atoms with Crippen LogP contribution in [0.15, 0.2) is 71.8 Å². The largest absolute Gasteiger partial charge is 0.497 e. The van der Waals surface area contributed by atoms with E-state index >= 15 is 0 Å². The Morgan fingerprint density at radius 1 is 0.857 bits per heavy atom. The quantitative estimate of drug-likeness (QED) is 0.352. The molecular formula is C28H26N2O4S. The number of aromatic amines is 1. The Morgan fingerprint density at radius 3 is 2.26 bits per heavy atom. The highest BCUT2D eigenvalue weighted by Gasteiger charge is 2.64. The Kier molecular flexibility index (Phi) is 5.18. The van der Waals surface area contributed by atoms with Gasteiger partial charge in [0.1, 0.15) is 28.0 Å². The standard InChI is InChI=1S/C28H26N2O4S/c1-31-18-12-10-17(11-13-18)28-24(16-8-6-5-7-9-16)23-26(29-30-27(23)35-4)25(28)22-20(33-3)14-19(32-2)15-21(22)34-28/h5-15,24-25H,1-4H3,(H,29,30)/t24-,25?,28+/m1/s1. The molecule has 0 bridgehead atoms. The maximum atomic E-state index is 7.11. The lowest BCUT2D eigenvalue weighted by molar-refractivity contribution is 0.0691. The molecule has 2 heterocycles. The highest BCUT2D eigenvalue weighted by molar-refractivity contribution is 7.98. The van der Waals surface area contributed by atoms with Gasteiger partial charge >= 0.3 is 0 Å². The van der Waals surface area contributed by atoms with Crippen LogP contribution in [0.2, 0.25) is 0 Å². The molecule has 178 valence electrons. The number of hydrogen-bond acceptors (Lipinski definition) is 6. The lowest BCUT2D eigenvalue weighted by Crippen LogP contribution is -2.38. The fourth-order valence-corrected chi connectivity index (χ4v) is 6.38. The molecule has 1 aromatic heterocycles. The van der Waals surface area contributed by atoms with E-state index in [1.54, 1.807) is 33.1 Å². The number of aromatic nitrogens is 2. The Balaban J connectivity index is 1.69. The van der Waals surface area contributed by atoms with Crippen molar-refractivity contribution < 1.29 is 18.9 Å². The summed E-state index contributed by atoms with van der Waals surface area (Å²) in [5, 5.41) is 9.07. The van der Waals surface area contributed by atoms with Gasteiger partial charge in [-0.3, -0.25) is 5.10 Å². The normalized spacial score (nSPS) is 21.6. The minimum atomic E-state index is -0.746. The van der Waals surface area contributed by atoms with Gasteiger partial charge in [-0.2, -0.15) is 5.10 Å². The molecule has 3 aromatic carbocycles. The number of ether oxygens (including phenoxy) is 4. The molecule has 2 aliphatic rings. The van der Waals surface area contributed by atoms with E-state index in [1.807, 2.05) is 30.3 Å². The summed E-state index contributed by atoms with van der Waals surface area (Å²) in [6.45, 7) is 0. The zero-order valence-electron chi connectivity index (χ0n) is 20.0. The van der Waals surface area contributed by atoms with Crippen molar-refractivity contribution in [2.45, 2.75) is 22.5 Å². The van der Waals surface area contributed by atoms with E-state index in [-0.39, 0.29) is 11.8 Å². The van der Waals surface area contributed by atoms with Crippen molar-refractivity contribution in [1.29, 1.82) is 0 Å². The van der Waals surface area contributed by atoms with E-state index in [9.17, 15) is 0 Å². The van der Waals surface area contributed by atoms with Crippen LogP contribution in [0.4, 0.5) is 0 Å². The summed E-state index contributed by atoms with van der Waals surface area (Å²) in [5.41, 5.74) is 4.72. The van der Waals surface area contributed by atoms with Gasteiger partial charge in [-0.05, 0) is 29.5 Å². The van der Waals surface area contributed by atoms with Gasteiger partial charge in [-0.15, -0.1) is 11.8 Å². The zero-order chi connectivity index (χ0) is 24.2. The topological polar surface area (TPSA) is 65.6 Å². The molecule has 0 spiro atoms. The smallest absolute Gasteiger partial charge is 0.158 e. The molecule has 0 saturated heterocycles. The molecule has 3 atom stereocenters. The molecule has 6 rings (SSSR count). The average Bonchev–Trinajstić information content (AvgIpc) is 3.55. The van der Waals surface area contributed by atoms with Gasteiger partial charge in [0.2, 0.25) is 0 Å². The zero-order valence-corrected chi connectivity index (χ0v) is 20.8. The first-order valence-corrected chi connectivity index (χ1v) is 12.6. The average molecular weight is 487 g/mol. The van der Waals surface area contributed by atoms with Gasteiger partial charge < -0.3 is 18.9 Å². The predicted octanol–water partition coefficient (Wildman–Crippen LogP) is 5.72. The summed E-state index contributed by atoms with van der Waals surface area (Å²) < 4.78 is 24.1. The number of methoxy groups -OCH3 is 3. The van der Waals surface area contributed by atoms with E-state index in [0.29, 0.717) is 5.75 Å². The third-order valence-corrected chi connectivity index (χ3v) is 7.90. The fourth-order valence-electron chi connectivity index (χ4n) is 5.79. The first kappa shape index (κ1) is 21.9. The van der Waals surface area contributed by atoms with Crippen molar-refractivity contribution in [2.24, 2.45) is 0 Å². The second kappa shape index (κ2) is 8.27. The fraction of sp³-hybridized carbons (Fsp3) is 0.250. The molecule has 1 N–H and O–H groups in total. The number of nitrogens with zero attached hydrogens (tertiary/aromatic N) is 1. The predicted molar refractivity (Wildman–Crippen MR) is 135 cm³/mol. The summed E-state index contributed by atoms with van der Waals surface area (Å²) in [6, 6.07) is 22.6. The monoisotopic (exact) mass is 486 g/mol. The van der Waals surface area contributed by atoms with Gasteiger partial charge in [0.05, 0.1) is 38.9 Å². The van der Waals surface area contributed by atoms with Gasteiger partial charge in [0, 0.05) is 23.3 Å². The lowest BCUT2D eigenvalue weighted by Gasteiger charge is -2.36. The van der Waals surface area contributed by atoms with Crippen LogP contribution in [-0.4, -0.2) is 37.8 Å². The molecule has 0 radical (unpaired) electrons. The molecule has 1 unspecified atom stereocenters. The van der Waals surface area contributed by atoms with E-state index in [4.69, 9.17) is 24.0 Å². The van der Waals surface area contributed by atoms with Gasteiger partial charge in [0.15, 0.2) is 5.60 Å². The van der Waals surface area contributed by atoms with Crippen LogP contribution in [0, 0.1) is 0 Å². The van der Waals surface area contributed by atoms with Crippen LogP contribution >= 0.6 is 11.8 Å². The van der Waals surface area contributed by atoms with Crippen molar-refractivity contribution in [3.63, 3.8) is 0 Å². The van der Waals surface area contributed by atoms with Crippen molar-refractivity contribution in [3.8, 4) is 23.0 Å². The second-order valence-corrected chi connectivity index (χ2v) is 9.50. The van der Waals surface area contributed by atoms with Crippen LogP contribution in [0.5, 0.6) is 23.0 Å². The van der Waals surface area contributed by atoms with Crippen LogP contribution in [0.25, 0.3) is 0 Å².